The van der Waals surface area contributed by atoms with Gasteiger partial charge in [-0.3, -0.25) is 4.79 Å². The Balaban J connectivity index is 1.77. The maximum Gasteiger partial charge on any atom is 0.237 e. The summed E-state index contributed by atoms with van der Waals surface area (Å²) in [4.78, 5) is 11.7. The number of carbonyl (C=O) groups excluding carboxylic acids is 1. The van der Waals surface area contributed by atoms with Crippen LogP contribution < -0.4 is 10.6 Å². The van der Waals surface area contributed by atoms with Gasteiger partial charge in [0.25, 0.3) is 0 Å². The Kier molecular flexibility index (Phi) is 10.7. The van der Waals surface area contributed by atoms with Crippen molar-refractivity contribution in [2.24, 2.45) is 0 Å². The molecule has 0 aliphatic carbocycles. The zero-order chi connectivity index (χ0) is 14.5. The molecule has 1 fully saturated rings. The number of hydrogen-bond donors (Lipinski definition) is 2. The van der Waals surface area contributed by atoms with Crippen molar-refractivity contribution in [3.63, 3.8) is 0 Å². The number of rotatable bonds is 12. The molecule has 1 heterocycles. The van der Waals surface area contributed by atoms with Crippen LogP contribution in [0.4, 0.5) is 0 Å². The van der Waals surface area contributed by atoms with E-state index in [1.54, 1.807) is 0 Å². The predicted molar refractivity (Wildman–Crippen MR) is 85.9 cm³/mol. The molecule has 0 bridgehead atoms. The molecule has 0 saturated carbocycles. The Hall–Kier alpha value is -0.570. The van der Waals surface area contributed by atoms with Crippen molar-refractivity contribution >= 4 is 5.91 Å². The highest BCUT2D eigenvalue weighted by Gasteiger charge is 2.20. The topological polar surface area (TPSA) is 41.1 Å². The predicted octanol–water partition coefficient (Wildman–Crippen LogP) is 3.78. The molecule has 0 aromatic heterocycles. The van der Waals surface area contributed by atoms with Gasteiger partial charge in [-0.1, -0.05) is 64.7 Å². The second-order valence-electron chi connectivity index (χ2n) is 6.12. The molecule has 1 saturated heterocycles. The summed E-state index contributed by atoms with van der Waals surface area (Å²) in [6.07, 6.45) is 15.6. The molecular weight excluding hydrogens is 248 g/mol. The summed E-state index contributed by atoms with van der Waals surface area (Å²) in [5.41, 5.74) is 0. The summed E-state index contributed by atoms with van der Waals surface area (Å²) in [6, 6.07) is 0.0816. The SMILES string of the molecule is CCCCCCCCCCCCNC(=O)C1CCCN1. The van der Waals surface area contributed by atoms with Gasteiger partial charge in [0, 0.05) is 6.54 Å². The lowest BCUT2D eigenvalue weighted by molar-refractivity contribution is -0.122. The van der Waals surface area contributed by atoms with Crippen LogP contribution in [-0.2, 0) is 4.79 Å². The minimum atomic E-state index is 0.0816. The summed E-state index contributed by atoms with van der Waals surface area (Å²) in [7, 11) is 0. The van der Waals surface area contributed by atoms with Crippen molar-refractivity contribution in [3.05, 3.63) is 0 Å². The minimum Gasteiger partial charge on any atom is -0.355 e. The first-order chi connectivity index (χ1) is 9.84. The molecule has 0 aromatic carbocycles. The molecule has 3 nitrogen and oxygen atoms in total. The number of carbonyl (C=O) groups is 1. The van der Waals surface area contributed by atoms with Gasteiger partial charge in [0.1, 0.15) is 0 Å². The zero-order valence-electron chi connectivity index (χ0n) is 13.4. The lowest BCUT2D eigenvalue weighted by Gasteiger charge is -2.10. The zero-order valence-corrected chi connectivity index (χ0v) is 13.4. The monoisotopic (exact) mass is 282 g/mol. The molecule has 1 atom stereocenters. The van der Waals surface area contributed by atoms with Crippen LogP contribution in [-0.4, -0.2) is 25.0 Å². The van der Waals surface area contributed by atoms with Crippen LogP contribution in [0.3, 0.4) is 0 Å². The van der Waals surface area contributed by atoms with Gasteiger partial charge in [-0.05, 0) is 25.8 Å². The van der Waals surface area contributed by atoms with Gasteiger partial charge in [-0.15, -0.1) is 0 Å². The van der Waals surface area contributed by atoms with E-state index in [0.29, 0.717) is 0 Å². The third-order valence-electron chi connectivity index (χ3n) is 4.21. The third-order valence-corrected chi connectivity index (χ3v) is 4.21. The van der Waals surface area contributed by atoms with E-state index in [9.17, 15) is 4.79 Å². The highest BCUT2D eigenvalue weighted by molar-refractivity contribution is 5.81. The maximum absolute atomic E-state index is 11.7. The molecule has 1 amide bonds. The third kappa shape index (κ3) is 8.57. The van der Waals surface area contributed by atoms with Crippen LogP contribution >= 0.6 is 0 Å². The van der Waals surface area contributed by atoms with Gasteiger partial charge >= 0.3 is 0 Å². The molecule has 1 rings (SSSR count). The number of amides is 1. The fraction of sp³-hybridized carbons (Fsp3) is 0.941. The standard InChI is InChI=1S/C17H34N2O/c1-2-3-4-5-6-7-8-9-10-11-14-19-17(20)16-13-12-15-18-16/h16,18H,2-15H2,1H3,(H,19,20). The van der Waals surface area contributed by atoms with Gasteiger partial charge in [0.2, 0.25) is 5.91 Å². The highest BCUT2D eigenvalue weighted by Crippen LogP contribution is 2.10. The highest BCUT2D eigenvalue weighted by atomic mass is 16.2. The molecular formula is C17H34N2O. The van der Waals surface area contributed by atoms with Crippen molar-refractivity contribution in [2.75, 3.05) is 13.1 Å². The minimum absolute atomic E-state index is 0.0816. The van der Waals surface area contributed by atoms with Crippen LogP contribution in [0.15, 0.2) is 0 Å². The largest absolute Gasteiger partial charge is 0.355 e. The molecule has 1 aliphatic rings. The van der Waals surface area contributed by atoms with Crippen molar-refractivity contribution in [2.45, 2.75) is 90.0 Å². The second-order valence-corrected chi connectivity index (χ2v) is 6.12. The van der Waals surface area contributed by atoms with Crippen LogP contribution in [0.2, 0.25) is 0 Å². The molecule has 20 heavy (non-hydrogen) atoms. The van der Waals surface area contributed by atoms with E-state index in [0.717, 1.165) is 32.4 Å². The Morgan fingerprint density at radius 1 is 1.00 bits per heavy atom. The fourth-order valence-corrected chi connectivity index (χ4v) is 2.86. The molecule has 1 aliphatic heterocycles. The van der Waals surface area contributed by atoms with E-state index in [-0.39, 0.29) is 11.9 Å². The van der Waals surface area contributed by atoms with E-state index < -0.39 is 0 Å². The first-order valence-corrected chi connectivity index (χ1v) is 8.85. The molecule has 118 valence electrons. The Bertz CT molecular complexity index is 237. The Morgan fingerprint density at radius 3 is 2.15 bits per heavy atom. The molecule has 0 radical (unpaired) electrons. The van der Waals surface area contributed by atoms with Crippen molar-refractivity contribution in [1.82, 2.24) is 10.6 Å². The number of nitrogens with one attached hydrogen (secondary N) is 2. The smallest absolute Gasteiger partial charge is 0.237 e. The fourth-order valence-electron chi connectivity index (χ4n) is 2.86. The molecule has 1 unspecified atom stereocenters. The van der Waals surface area contributed by atoms with Gasteiger partial charge in [0.15, 0.2) is 0 Å². The summed E-state index contributed by atoms with van der Waals surface area (Å²) in [5, 5.41) is 6.28. The quantitative estimate of drug-likeness (QED) is 0.535. The van der Waals surface area contributed by atoms with Gasteiger partial charge in [-0.2, -0.15) is 0 Å². The summed E-state index contributed by atoms with van der Waals surface area (Å²) >= 11 is 0. The Labute approximate surface area is 125 Å². The van der Waals surface area contributed by atoms with Crippen molar-refractivity contribution in [3.8, 4) is 0 Å². The van der Waals surface area contributed by atoms with Crippen LogP contribution in [0.1, 0.15) is 84.0 Å². The lowest BCUT2D eigenvalue weighted by atomic mass is 10.1. The normalized spacial score (nSPS) is 18.4. The van der Waals surface area contributed by atoms with E-state index in [2.05, 4.69) is 17.6 Å². The van der Waals surface area contributed by atoms with Crippen molar-refractivity contribution in [1.29, 1.82) is 0 Å². The first-order valence-electron chi connectivity index (χ1n) is 8.85. The van der Waals surface area contributed by atoms with E-state index in [1.807, 2.05) is 0 Å². The Morgan fingerprint density at radius 2 is 1.60 bits per heavy atom. The average Bonchev–Trinajstić information content (AvgIpc) is 2.99. The van der Waals surface area contributed by atoms with E-state index in [1.165, 1.54) is 57.8 Å². The molecule has 3 heteroatoms. The van der Waals surface area contributed by atoms with Crippen LogP contribution in [0, 0.1) is 0 Å². The summed E-state index contributed by atoms with van der Waals surface area (Å²) in [5.74, 6) is 0.207. The second kappa shape index (κ2) is 12.2. The van der Waals surface area contributed by atoms with Crippen LogP contribution in [0.5, 0.6) is 0 Å². The van der Waals surface area contributed by atoms with Crippen molar-refractivity contribution < 1.29 is 4.79 Å². The van der Waals surface area contributed by atoms with Crippen LogP contribution in [0.25, 0.3) is 0 Å². The lowest BCUT2D eigenvalue weighted by Crippen LogP contribution is -2.40. The van der Waals surface area contributed by atoms with Gasteiger partial charge in [-0.25, -0.2) is 0 Å². The van der Waals surface area contributed by atoms with Gasteiger partial charge in [0.05, 0.1) is 6.04 Å². The molecule has 0 aromatic rings. The number of unbranched alkanes of at least 4 members (excludes halogenated alkanes) is 9. The maximum atomic E-state index is 11.7. The molecule has 0 spiro atoms. The number of hydrogen-bond acceptors (Lipinski definition) is 2. The average molecular weight is 282 g/mol. The molecule has 2 N–H and O–H groups in total. The van der Waals surface area contributed by atoms with E-state index in [4.69, 9.17) is 0 Å². The summed E-state index contributed by atoms with van der Waals surface area (Å²) in [6.45, 7) is 4.12. The summed E-state index contributed by atoms with van der Waals surface area (Å²) < 4.78 is 0. The van der Waals surface area contributed by atoms with Gasteiger partial charge < -0.3 is 10.6 Å². The van der Waals surface area contributed by atoms with E-state index >= 15 is 0 Å². The first kappa shape index (κ1) is 17.5.